The Morgan fingerprint density at radius 1 is 1.10 bits per heavy atom. The van der Waals surface area contributed by atoms with Gasteiger partial charge in [0.05, 0.1) is 18.4 Å². The van der Waals surface area contributed by atoms with Crippen molar-refractivity contribution in [3.63, 3.8) is 0 Å². The Morgan fingerprint density at radius 3 is 2.29 bits per heavy atom. The molecule has 0 radical (unpaired) electrons. The Morgan fingerprint density at radius 2 is 1.74 bits per heavy atom. The molecule has 4 rings (SSSR count). The molecule has 2 aliphatic rings. The summed E-state index contributed by atoms with van der Waals surface area (Å²) in [7, 11) is 0. The van der Waals surface area contributed by atoms with E-state index in [9.17, 15) is 14.4 Å². The van der Waals surface area contributed by atoms with E-state index >= 15 is 0 Å². The second kappa shape index (κ2) is 8.83. The van der Waals surface area contributed by atoms with Crippen LogP contribution in [0.25, 0.3) is 0 Å². The molecule has 3 amide bonds. The highest BCUT2D eigenvalue weighted by Crippen LogP contribution is 2.37. The zero-order chi connectivity index (χ0) is 22.0. The lowest BCUT2D eigenvalue weighted by Crippen LogP contribution is -2.48. The van der Waals surface area contributed by atoms with Crippen molar-refractivity contribution < 1.29 is 14.4 Å². The van der Waals surface area contributed by atoms with Crippen LogP contribution in [-0.4, -0.2) is 43.4 Å². The van der Waals surface area contributed by atoms with Gasteiger partial charge in [-0.15, -0.1) is 0 Å². The topological polar surface area (TPSA) is 97.2 Å². The van der Waals surface area contributed by atoms with Gasteiger partial charge >= 0.3 is 0 Å². The standard InChI is InChI=1S/C23H27N5O3/c1-15(2)11-20(28-22(30)18-5-3-4-6-19(18)23(28)31)21(29)26-17-9-7-16(8-10-17)12-27-14-24-13-25-27/h3-4,7-10,13-15,18-20H,5-6,11-12H2,1-2H3,(H,26,29)/t18-,19-,20-/m1/s1. The fraction of sp³-hybridized carbons (Fsp3) is 0.435. The van der Waals surface area contributed by atoms with Gasteiger partial charge in [0.25, 0.3) is 0 Å². The molecule has 0 spiro atoms. The third kappa shape index (κ3) is 4.42. The van der Waals surface area contributed by atoms with Crippen molar-refractivity contribution in [3.8, 4) is 0 Å². The third-order valence-electron chi connectivity index (χ3n) is 5.88. The number of anilines is 1. The van der Waals surface area contributed by atoms with Crippen molar-refractivity contribution in [2.24, 2.45) is 17.8 Å². The molecule has 2 heterocycles. The maximum Gasteiger partial charge on any atom is 0.247 e. The normalized spacial score (nSPS) is 21.5. The van der Waals surface area contributed by atoms with E-state index in [1.807, 2.05) is 50.3 Å². The average molecular weight is 422 g/mol. The van der Waals surface area contributed by atoms with Crippen molar-refractivity contribution in [1.82, 2.24) is 19.7 Å². The number of aromatic nitrogens is 3. The minimum atomic E-state index is -0.805. The first-order valence-corrected chi connectivity index (χ1v) is 10.7. The van der Waals surface area contributed by atoms with Crippen LogP contribution >= 0.6 is 0 Å². The smallest absolute Gasteiger partial charge is 0.247 e. The molecule has 1 fully saturated rings. The molecule has 0 bridgehead atoms. The molecule has 1 aromatic heterocycles. The summed E-state index contributed by atoms with van der Waals surface area (Å²) < 4.78 is 1.71. The summed E-state index contributed by atoms with van der Waals surface area (Å²) in [5.41, 5.74) is 1.64. The van der Waals surface area contributed by atoms with Gasteiger partial charge in [0.15, 0.2) is 0 Å². The van der Waals surface area contributed by atoms with Crippen molar-refractivity contribution in [2.45, 2.75) is 45.7 Å². The molecule has 1 saturated heterocycles. The van der Waals surface area contributed by atoms with Crippen molar-refractivity contribution in [1.29, 1.82) is 0 Å². The fourth-order valence-corrected chi connectivity index (χ4v) is 4.33. The number of amides is 3. The molecule has 162 valence electrons. The largest absolute Gasteiger partial charge is 0.324 e. The summed E-state index contributed by atoms with van der Waals surface area (Å²) in [4.78, 5) is 44.3. The molecule has 0 unspecified atom stereocenters. The lowest BCUT2D eigenvalue weighted by Gasteiger charge is -2.27. The van der Waals surface area contributed by atoms with E-state index in [1.54, 1.807) is 11.0 Å². The van der Waals surface area contributed by atoms with Crippen LogP contribution in [0.15, 0.2) is 49.1 Å². The van der Waals surface area contributed by atoms with E-state index in [2.05, 4.69) is 15.4 Å². The Balaban J connectivity index is 1.48. The van der Waals surface area contributed by atoms with E-state index < -0.39 is 6.04 Å². The number of carbonyl (C=O) groups is 3. The highest BCUT2D eigenvalue weighted by atomic mass is 16.2. The molecular weight excluding hydrogens is 394 g/mol. The Hall–Kier alpha value is -3.29. The van der Waals surface area contributed by atoms with Crippen LogP contribution in [0.5, 0.6) is 0 Å². The molecule has 1 N–H and O–H groups in total. The molecule has 1 aliphatic heterocycles. The van der Waals surface area contributed by atoms with Gasteiger partial charge in [-0.3, -0.25) is 19.3 Å². The third-order valence-corrected chi connectivity index (χ3v) is 5.88. The molecule has 3 atom stereocenters. The first-order chi connectivity index (χ1) is 14.9. The number of imide groups is 1. The van der Waals surface area contributed by atoms with Crippen LogP contribution < -0.4 is 5.32 Å². The second-order valence-corrected chi connectivity index (χ2v) is 8.63. The van der Waals surface area contributed by atoms with E-state index in [0.717, 1.165) is 5.56 Å². The van der Waals surface area contributed by atoms with Gasteiger partial charge < -0.3 is 5.32 Å². The minimum Gasteiger partial charge on any atom is -0.324 e. The summed E-state index contributed by atoms with van der Waals surface area (Å²) in [6.45, 7) is 4.55. The van der Waals surface area contributed by atoms with Gasteiger partial charge in [0, 0.05) is 5.69 Å². The number of rotatable bonds is 7. The Kier molecular flexibility index (Phi) is 5.97. The molecule has 0 saturated carbocycles. The molecule has 1 aromatic carbocycles. The number of fused-ring (bicyclic) bond motifs is 1. The molecule has 1 aliphatic carbocycles. The van der Waals surface area contributed by atoms with Crippen molar-refractivity contribution in [2.75, 3.05) is 5.32 Å². The number of hydrogen-bond donors (Lipinski definition) is 1. The highest BCUT2D eigenvalue weighted by Gasteiger charge is 2.51. The number of allylic oxidation sites excluding steroid dienone is 2. The lowest BCUT2D eigenvalue weighted by molar-refractivity contribution is -0.147. The monoisotopic (exact) mass is 421 g/mol. The van der Waals surface area contributed by atoms with Crippen LogP contribution in [0.3, 0.4) is 0 Å². The van der Waals surface area contributed by atoms with Gasteiger partial charge in [0.2, 0.25) is 17.7 Å². The number of nitrogens with zero attached hydrogens (tertiary/aromatic N) is 4. The number of nitrogens with one attached hydrogen (secondary N) is 1. The van der Waals surface area contributed by atoms with E-state index in [0.29, 0.717) is 31.5 Å². The van der Waals surface area contributed by atoms with Gasteiger partial charge in [-0.2, -0.15) is 5.10 Å². The van der Waals surface area contributed by atoms with Crippen molar-refractivity contribution >= 4 is 23.4 Å². The van der Waals surface area contributed by atoms with Crippen LogP contribution in [0.1, 0.15) is 38.7 Å². The van der Waals surface area contributed by atoms with Crippen LogP contribution in [-0.2, 0) is 20.9 Å². The fourth-order valence-electron chi connectivity index (χ4n) is 4.33. The summed E-state index contributed by atoms with van der Waals surface area (Å²) in [6, 6.07) is 6.63. The summed E-state index contributed by atoms with van der Waals surface area (Å²) in [5.74, 6) is -1.29. The van der Waals surface area contributed by atoms with Crippen LogP contribution in [0.2, 0.25) is 0 Å². The van der Waals surface area contributed by atoms with Gasteiger partial charge in [-0.1, -0.05) is 38.1 Å². The number of benzene rings is 1. The van der Waals surface area contributed by atoms with E-state index in [-0.39, 0.29) is 35.5 Å². The predicted octanol–water partition coefficient (Wildman–Crippen LogP) is 2.63. The average Bonchev–Trinajstić information content (AvgIpc) is 3.35. The maximum absolute atomic E-state index is 13.2. The summed E-state index contributed by atoms with van der Waals surface area (Å²) in [6.07, 6.45) is 8.59. The molecule has 8 nitrogen and oxygen atoms in total. The van der Waals surface area contributed by atoms with E-state index in [4.69, 9.17) is 0 Å². The first-order valence-electron chi connectivity index (χ1n) is 10.7. The quantitative estimate of drug-likeness (QED) is 0.548. The summed E-state index contributed by atoms with van der Waals surface area (Å²) >= 11 is 0. The Labute approximate surface area is 181 Å². The van der Waals surface area contributed by atoms with Crippen LogP contribution in [0, 0.1) is 17.8 Å². The first kappa shape index (κ1) is 21.0. The zero-order valence-corrected chi connectivity index (χ0v) is 17.8. The van der Waals surface area contributed by atoms with Gasteiger partial charge in [-0.05, 0) is 42.9 Å². The van der Waals surface area contributed by atoms with Gasteiger partial charge in [0.1, 0.15) is 18.7 Å². The predicted molar refractivity (Wildman–Crippen MR) is 115 cm³/mol. The zero-order valence-electron chi connectivity index (χ0n) is 17.8. The lowest BCUT2D eigenvalue weighted by atomic mass is 9.85. The highest BCUT2D eigenvalue weighted by molar-refractivity contribution is 6.10. The molecular formula is C23H27N5O3. The van der Waals surface area contributed by atoms with Gasteiger partial charge in [-0.25, -0.2) is 9.67 Å². The molecule has 8 heteroatoms. The summed E-state index contributed by atoms with van der Waals surface area (Å²) in [5, 5.41) is 6.98. The number of likely N-dealkylation sites (tertiary alicyclic amines) is 1. The second-order valence-electron chi connectivity index (χ2n) is 8.63. The number of carbonyl (C=O) groups excluding carboxylic acids is 3. The van der Waals surface area contributed by atoms with Crippen molar-refractivity contribution in [3.05, 3.63) is 54.6 Å². The molecule has 31 heavy (non-hydrogen) atoms. The van der Waals surface area contributed by atoms with Crippen LogP contribution in [0.4, 0.5) is 5.69 Å². The molecule has 2 aromatic rings. The SMILES string of the molecule is CC(C)C[C@H](C(=O)Nc1ccc(Cn2cncn2)cc1)N1C(=O)[C@@H]2CC=CC[C@H]2C1=O. The number of hydrogen-bond acceptors (Lipinski definition) is 5. The van der Waals surface area contributed by atoms with E-state index in [1.165, 1.54) is 11.2 Å². The maximum atomic E-state index is 13.2. The minimum absolute atomic E-state index is 0.155. The Bertz CT molecular complexity index is 955.